The van der Waals surface area contributed by atoms with Crippen LogP contribution in [0.3, 0.4) is 0 Å². The van der Waals surface area contributed by atoms with E-state index in [0.717, 1.165) is 5.56 Å². The van der Waals surface area contributed by atoms with Crippen molar-refractivity contribution in [2.75, 3.05) is 51.6 Å². The average Bonchev–Trinajstić information content (AvgIpc) is 3.51. The number of rotatable bonds is 13. The fourth-order valence-electron chi connectivity index (χ4n) is 3.64. The summed E-state index contributed by atoms with van der Waals surface area (Å²) in [5.74, 6) is 1.00. The van der Waals surface area contributed by atoms with E-state index in [-0.39, 0.29) is 12.8 Å². The maximum atomic E-state index is 12.6. The van der Waals surface area contributed by atoms with Gasteiger partial charge in [0.15, 0.2) is 17.0 Å². The van der Waals surface area contributed by atoms with Gasteiger partial charge in [0.2, 0.25) is 0 Å². The van der Waals surface area contributed by atoms with Crippen LogP contribution in [0.15, 0.2) is 36.8 Å². The molecule has 0 aliphatic rings. The van der Waals surface area contributed by atoms with Crippen molar-refractivity contribution in [2.24, 2.45) is 0 Å². The van der Waals surface area contributed by atoms with E-state index in [1.165, 1.54) is 4.68 Å². The first kappa shape index (κ1) is 27.2. The summed E-state index contributed by atoms with van der Waals surface area (Å²) in [6, 6.07) is 7.39. The van der Waals surface area contributed by atoms with Crippen molar-refractivity contribution in [3.63, 3.8) is 0 Å². The third-order valence-corrected chi connectivity index (χ3v) is 7.58. The summed E-state index contributed by atoms with van der Waals surface area (Å²) in [4.78, 5) is 15.8. The lowest BCUT2D eigenvalue weighted by Gasteiger charge is -2.16. The van der Waals surface area contributed by atoms with E-state index >= 15 is 0 Å². The van der Waals surface area contributed by atoms with Crippen molar-refractivity contribution < 1.29 is 18.3 Å². The largest absolute Gasteiger partial charge is 0.379 e. The Bertz CT molecular complexity index is 1380. The second-order valence-electron chi connectivity index (χ2n) is 8.19. The van der Waals surface area contributed by atoms with Crippen LogP contribution >= 0.6 is 19.2 Å². The average molecular weight is 549 g/mol. The van der Waals surface area contributed by atoms with Crippen LogP contribution in [0.1, 0.15) is 13.8 Å². The maximum Gasteiger partial charge on any atom is 0.332 e. The highest BCUT2D eigenvalue weighted by molar-refractivity contribution is 7.53. The van der Waals surface area contributed by atoms with Crippen LogP contribution in [0, 0.1) is 0 Å². The molecule has 0 atom stereocenters. The SMILES string of the molecule is CCOP(=O)(CCOCCn1cnc2c(N(C)C)nc(-n3cc(-c4cccc(Cl)c4)nn3)nc21)OCC. The van der Waals surface area contributed by atoms with Gasteiger partial charge in [-0.25, -0.2) is 4.98 Å². The number of fused-ring (bicyclic) bond motifs is 1. The van der Waals surface area contributed by atoms with E-state index in [2.05, 4.69) is 20.3 Å². The highest BCUT2D eigenvalue weighted by atomic mass is 35.5. The molecule has 4 rings (SSSR count). The van der Waals surface area contributed by atoms with Gasteiger partial charge in [0, 0.05) is 31.2 Å². The Balaban J connectivity index is 1.52. The molecule has 0 bridgehead atoms. The third kappa shape index (κ3) is 6.52. The summed E-state index contributed by atoms with van der Waals surface area (Å²) in [6.45, 7) is 5.31. The zero-order valence-corrected chi connectivity index (χ0v) is 22.9. The first-order valence-electron chi connectivity index (χ1n) is 11.9. The highest BCUT2D eigenvalue weighted by Gasteiger charge is 2.23. The normalized spacial score (nSPS) is 11.9. The maximum absolute atomic E-state index is 12.6. The Morgan fingerprint density at radius 3 is 2.59 bits per heavy atom. The van der Waals surface area contributed by atoms with Crippen LogP contribution in [-0.2, 0) is 24.9 Å². The fraction of sp³-hybridized carbons (Fsp3) is 0.435. The number of anilines is 1. The topological polar surface area (TPSA) is 122 Å². The lowest BCUT2D eigenvalue weighted by molar-refractivity contribution is 0.132. The predicted molar refractivity (Wildman–Crippen MR) is 142 cm³/mol. The summed E-state index contributed by atoms with van der Waals surface area (Å²) in [6.07, 6.45) is 3.65. The molecular weight excluding hydrogens is 519 g/mol. The van der Waals surface area contributed by atoms with Crippen LogP contribution in [-0.4, -0.2) is 81.2 Å². The standard InChI is InChI=1S/C23H30ClN8O4P/c1-5-35-37(33,36-6-2)13-12-34-11-10-31-16-25-20-21(30(3)4)26-23(27-22(20)31)32-15-19(28-29-32)17-8-7-9-18(24)14-17/h7-9,14-16H,5-6,10-13H2,1-4H3. The number of benzene rings is 1. The van der Waals surface area contributed by atoms with Crippen molar-refractivity contribution >= 4 is 36.2 Å². The highest BCUT2D eigenvalue weighted by Crippen LogP contribution is 2.47. The van der Waals surface area contributed by atoms with Gasteiger partial charge in [0.25, 0.3) is 5.95 Å². The smallest absolute Gasteiger partial charge is 0.332 e. The molecule has 0 amide bonds. The van der Waals surface area contributed by atoms with E-state index in [0.29, 0.717) is 60.0 Å². The summed E-state index contributed by atoms with van der Waals surface area (Å²) in [5, 5.41) is 9.10. The molecule has 0 N–H and O–H groups in total. The number of halogens is 1. The number of ether oxygens (including phenoxy) is 1. The minimum atomic E-state index is -3.13. The van der Waals surface area contributed by atoms with Crippen molar-refractivity contribution in [1.29, 1.82) is 0 Å². The van der Waals surface area contributed by atoms with Gasteiger partial charge in [-0.15, -0.1) is 5.10 Å². The lowest BCUT2D eigenvalue weighted by atomic mass is 10.2. The lowest BCUT2D eigenvalue weighted by Crippen LogP contribution is -2.15. The van der Waals surface area contributed by atoms with Crippen LogP contribution in [0.2, 0.25) is 5.02 Å². The molecule has 37 heavy (non-hydrogen) atoms. The molecule has 0 unspecified atom stereocenters. The van der Waals surface area contributed by atoms with Gasteiger partial charge in [-0.3, -0.25) is 4.57 Å². The molecule has 0 spiro atoms. The summed E-state index contributed by atoms with van der Waals surface area (Å²) in [5.41, 5.74) is 2.77. The monoisotopic (exact) mass is 548 g/mol. The van der Waals surface area contributed by atoms with Crippen molar-refractivity contribution in [2.45, 2.75) is 20.4 Å². The Morgan fingerprint density at radius 2 is 1.89 bits per heavy atom. The minimum absolute atomic E-state index is 0.192. The van der Waals surface area contributed by atoms with Gasteiger partial charge in [-0.05, 0) is 26.0 Å². The van der Waals surface area contributed by atoms with Gasteiger partial charge >= 0.3 is 7.60 Å². The Labute approximate surface area is 220 Å². The van der Waals surface area contributed by atoms with Crippen LogP contribution in [0.4, 0.5) is 5.82 Å². The van der Waals surface area contributed by atoms with E-state index < -0.39 is 7.60 Å². The molecule has 0 aliphatic carbocycles. The number of hydrogen-bond acceptors (Lipinski definition) is 10. The molecule has 3 aromatic heterocycles. The van der Waals surface area contributed by atoms with Crippen molar-refractivity contribution in [3.05, 3.63) is 41.8 Å². The molecule has 1 aromatic carbocycles. The van der Waals surface area contributed by atoms with E-state index in [4.69, 9.17) is 30.4 Å². The van der Waals surface area contributed by atoms with Gasteiger partial charge < -0.3 is 23.3 Å². The van der Waals surface area contributed by atoms with Gasteiger partial charge in [-0.2, -0.15) is 14.6 Å². The van der Waals surface area contributed by atoms with Gasteiger partial charge in [0.1, 0.15) is 5.69 Å². The zero-order chi connectivity index (χ0) is 26.4. The number of hydrogen-bond donors (Lipinski definition) is 0. The third-order valence-electron chi connectivity index (χ3n) is 5.31. The van der Waals surface area contributed by atoms with Gasteiger partial charge in [0.05, 0.1) is 45.1 Å². The molecule has 0 saturated heterocycles. The molecule has 4 aromatic rings. The first-order chi connectivity index (χ1) is 17.8. The number of nitrogens with zero attached hydrogens (tertiary/aromatic N) is 8. The predicted octanol–water partition coefficient (Wildman–Crippen LogP) is 4.08. The zero-order valence-electron chi connectivity index (χ0n) is 21.2. The van der Waals surface area contributed by atoms with Crippen LogP contribution in [0.25, 0.3) is 28.4 Å². The summed E-state index contributed by atoms with van der Waals surface area (Å²) < 4.78 is 32.3. The number of imidazole rings is 1. The quantitative estimate of drug-likeness (QED) is 0.178. The fourth-order valence-corrected chi connectivity index (χ4v) is 5.30. The minimum Gasteiger partial charge on any atom is -0.379 e. The second-order valence-corrected chi connectivity index (χ2v) is 10.8. The molecule has 0 fully saturated rings. The number of aromatic nitrogens is 7. The van der Waals surface area contributed by atoms with Gasteiger partial charge in [-0.1, -0.05) is 28.9 Å². The van der Waals surface area contributed by atoms with Crippen molar-refractivity contribution in [3.8, 4) is 17.2 Å². The summed E-state index contributed by atoms with van der Waals surface area (Å²) in [7, 11) is 0.647. The molecule has 12 nitrogen and oxygen atoms in total. The van der Waals surface area contributed by atoms with E-state index in [1.54, 1.807) is 32.4 Å². The molecule has 0 aliphatic heterocycles. The molecule has 198 valence electrons. The second kappa shape index (κ2) is 12.1. The molecular formula is C23H30ClN8O4P. The molecule has 3 heterocycles. The molecule has 14 heteroatoms. The Hall–Kier alpha value is -2.89. The summed E-state index contributed by atoms with van der Waals surface area (Å²) >= 11 is 6.12. The Kier molecular flexibility index (Phi) is 8.88. The Morgan fingerprint density at radius 1 is 1.11 bits per heavy atom. The molecule has 0 radical (unpaired) electrons. The van der Waals surface area contributed by atoms with E-state index in [1.807, 2.05) is 41.8 Å². The van der Waals surface area contributed by atoms with E-state index in [9.17, 15) is 4.57 Å². The van der Waals surface area contributed by atoms with Crippen LogP contribution < -0.4 is 4.90 Å². The van der Waals surface area contributed by atoms with Crippen molar-refractivity contribution in [1.82, 2.24) is 34.5 Å². The van der Waals surface area contributed by atoms with Crippen LogP contribution in [0.5, 0.6) is 0 Å². The first-order valence-corrected chi connectivity index (χ1v) is 14.0. The molecule has 0 saturated carbocycles.